The number of anilines is 1. The second-order valence-electron chi connectivity index (χ2n) is 7.99. The monoisotopic (exact) mass is 436 g/mol. The molecule has 0 amide bonds. The molecule has 0 saturated heterocycles. The van der Waals surface area contributed by atoms with Gasteiger partial charge in [0, 0.05) is 41.2 Å². The minimum Gasteiger partial charge on any atom is -0.367 e. The molecule has 1 fully saturated rings. The Morgan fingerprint density at radius 3 is 2.68 bits per heavy atom. The molecule has 4 aromatic rings. The van der Waals surface area contributed by atoms with Gasteiger partial charge in [-0.2, -0.15) is 0 Å². The number of imidazole rings is 1. The lowest BCUT2D eigenvalue weighted by atomic mass is 9.92. The van der Waals surface area contributed by atoms with Gasteiger partial charge in [0.05, 0.1) is 5.02 Å². The first-order valence-electron chi connectivity index (χ1n) is 10.3. The van der Waals surface area contributed by atoms with E-state index >= 15 is 0 Å². The topological polar surface area (TPSA) is 92.5 Å². The van der Waals surface area contributed by atoms with E-state index in [4.69, 9.17) is 17.3 Å². The fourth-order valence-corrected chi connectivity index (χ4v) is 4.24. The van der Waals surface area contributed by atoms with Crippen LogP contribution in [0.4, 0.5) is 10.2 Å². The molecule has 4 N–H and O–H groups in total. The minimum absolute atomic E-state index is 0.302. The van der Waals surface area contributed by atoms with Gasteiger partial charge >= 0.3 is 0 Å². The third-order valence-electron chi connectivity index (χ3n) is 5.72. The normalized spacial score (nSPS) is 18.9. The number of nitrogens with zero attached hydrogens (tertiary/aromatic N) is 3. The van der Waals surface area contributed by atoms with Crippen LogP contribution in [0.1, 0.15) is 25.7 Å². The number of halogens is 2. The first kappa shape index (κ1) is 19.9. The number of fused-ring (bicyclic) bond motifs is 1. The molecule has 0 radical (unpaired) electrons. The molecule has 1 aromatic carbocycles. The van der Waals surface area contributed by atoms with Gasteiger partial charge in [-0.05, 0) is 49.9 Å². The smallest absolute Gasteiger partial charge is 0.157 e. The van der Waals surface area contributed by atoms with Crippen LogP contribution in [-0.2, 0) is 0 Å². The van der Waals surface area contributed by atoms with Gasteiger partial charge in [0.2, 0.25) is 0 Å². The Bertz CT molecular complexity index is 1230. The maximum atomic E-state index is 13.6. The molecule has 158 valence electrons. The Balaban J connectivity index is 1.44. The molecule has 0 bridgehead atoms. The highest BCUT2D eigenvalue weighted by Gasteiger charge is 2.19. The molecule has 6 nitrogen and oxygen atoms in total. The molecule has 1 aliphatic carbocycles. The largest absolute Gasteiger partial charge is 0.367 e. The molecule has 8 heteroatoms. The maximum Gasteiger partial charge on any atom is 0.157 e. The number of H-pyrrole nitrogens is 1. The number of hydrogen-bond acceptors (Lipinski definition) is 5. The van der Waals surface area contributed by atoms with E-state index in [1.165, 1.54) is 12.1 Å². The van der Waals surface area contributed by atoms with Crippen molar-refractivity contribution in [3.63, 3.8) is 0 Å². The Morgan fingerprint density at radius 1 is 1.03 bits per heavy atom. The quantitative estimate of drug-likeness (QED) is 0.411. The van der Waals surface area contributed by atoms with Crippen LogP contribution in [0.25, 0.3) is 33.7 Å². The summed E-state index contributed by atoms with van der Waals surface area (Å²) in [6.07, 6.45) is 7.51. The van der Waals surface area contributed by atoms with E-state index in [2.05, 4.69) is 25.3 Å². The minimum atomic E-state index is -0.310. The number of nitrogens with two attached hydrogens (primary N) is 1. The van der Waals surface area contributed by atoms with E-state index in [1.807, 2.05) is 12.1 Å². The van der Waals surface area contributed by atoms with Crippen molar-refractivity contribution in [3.05, 3.63) is 59.6 Å². The number of nitrogens with one attached hydrogen (secondary N) is 2. The van der Waals surface area contributed by atoms with Crippen LogP contribution in [0, 0.1) is 5.82 Å². The SMILES string of the molecule is NC1CCC(Nc2cc(-c3cnc4[nH]c(-c5cccc(F)c5)nc4c3)c(Cl)cn2)CC1. The predicted octanol–water partition coefficient (Wildman–Crippen LogP) is 5.16. The van der Waals surface area contributed by atoms with Crippen LogP contribution in [0.5, 0.6) is 0 Å². The second-order valence-corrected chi connectivity index (χ2v) is 8.40. The number of aromatic amines is 1. The molecular formula is C23H22ClFN6. The van der Waals surface area contributed by atoms with Crippen LogP contribution < -0.4 is 11.1 Å². The lowest BCUT2D eigenvalue weighted by Gasteiger charge is -2.27. The summed E-state index contributed by atoms with van der Waals surface area (Å²) in [5, 5.41) is 4.04. The van der Waals surface area contributed by atoms with Crippen LogP contribution in [0.2, 0.25) is 5.02 Å². The molecule has 1 aliphatic rings. The Hall–Kier alpha value is -3.03. The first-order valence-corrected chi connectivity index (χ1v) is 10.7. The first-order chi connectivity index (χ1) is 15.0. The second kappa shape index (κ2) is 8.24. The predicted molar refractivity (Wildman–Crippen MR) is 121 cm³/mol. The third-order valence-corrected chi connectivity index (χ3v) is 6.03. The summed E-state index contributed by atoms with van der Waals surface area (Å²) in [6.45, 7) is 0. The van der Waals surface area contributed by atoms with Crippen molar-refractivity contribution in [1.29, 1.82) is 0 Å². The van der Waals surface area contributed by atoms with Gasteiger partial charge in [-0.3, -0.25) is 0 Å². The number of benzene rings is 1. The molecule has 0 atom stereocenters. The Kier molecular flexibility index (Phi) is 5.29. The van der Waals surface area contributed by atoms with Crippen LogP contribution in [-0.4, -0.2) is 32.0 Å². The van der Waals surface area contributed by atoms with Crippen molar-refractivity contribution in [2.75, 3.05) is 5.32 Å². The van der Waals surface area contributed by atoms with Crippen molar-refractivity contribution in [3.8, 4) is 22.5 Å². The molecule has 5 rings (SSSR count). The molecule has 0 unspecified atom stereocenters. The summed E-state index contributed by atoms with van der Waals surface area (Å²) in [7, 11) is 0. The van der Waals surface area contributed by atoms with Crippen LogP contribution in [0.15, 0.2) is 48.8 Å². The average Bonchev–Trinajstić information content (AvgIpc) is 3.20. The lowest BCUT2D eigenvalue weighted by molar-refractivity contribution is 0.410. The van der Waals surface area contributed by atoms with Crippen molar-refractivity contribution >= 4 is 28.6 Å². The average molecular weight is 437 g/mol. The Morgan fingerprint density at radius 2 is 1.87 bits per heavy atom. The van der Waals surface area contributed by atoms with E-state index < -0.39 is 0 Å². The maximum absolute atomic E-state index is 13.6. The number of pyridine rings is 2. The fourth-order valence-electron chi connectivity index (χ4n) is 4.03. The zero-order valence-corrected chi connectivity index (χ0v) is 17.5. The highest BCUT2D eigenvalue weighted by atomic mass is 35.5. The molecule has 0 aliphatic heterocycles. The van der Waals surface area contributed by atoms with Gasteiger partial charge in [-0.25, -0.2) is 19.3 Å². The standard InChI is InChI=1S/C23H22ClFN6/c24-19-12-27-21(29-17-6-4-16(26)5-7-17)10-18(19)14-9-20-23(28-11-14)31-22(30-20)13-2-1-3-15(25)8-13/h1-3,8-12,16-17H,4-7,26H2,(H,27,29)(H,28,30,31). The van der Waals surface area contributed by atoms with Crippen molar-refractivity contribution in [2.24, 2.45) is 5.73 Å². The molecule has 31 heavy (non-hydrogen) atoms. The van der Waals surface area contributed by atoms with Gasteiger partial charge in [-0.1, -0.05) is 23.7 Å². The summed E-state index contributed by atoms with van der Waals surface area (Å²) in [5.74, 6) is 1.04. The highest BCUT2D eigenvalue weighted by Crippen LogP contribution is 2.32. The van der Waals surface area contributed by atoms with Gasteiger partial charge < -0.3 is 16.0 Å². The molecule has 0 spiro atoms. The van der Waals surface area contributed by atoms with Gasteiger partial charge in [0.25, 0.3) is 0 Å². The summed E-state index contributed by atoms with van der Waals surface area (Å²) >= 11 is 6.46. The zero-order valence-electron chi connectivity index (χ0n) is 16.8. The molecular weight excluding hydrogens is 415 g/mol. The molecule has 1 saturated carbocycles. The number of aromatic nitrogens is 4. The summed E-state index contributed by atoms with van der Waals surface area (Å²) in [5.41, 5.74) is 9.65. The van der Waals surface area contributed by atoms with Gasteiger partial charge in [0.1, 0.15) is 23.0 Å². The highest BCUT2D eigenvalue weighted by molar-refractivity contribution is 6.33. The van der Waals surface area contributed by atoms with E-state index in [-0.39, 0.29) is 5.82 Å². The fraction of sp³-hybridized carbons (Fsp3) is 0.261. The van der Waals surface area contributed by atoms with Gasteiger partial charge in [-0.15, -0.1) is 0 Å². The van der Waals surface area contributed by atoms with Crippen molar-refractivity contribution in [1.82, 2.24) is 19.9 Å². The van der Waals surface area contributed by atoms with E-state index in [0.29, 0.717) is 39.7 Å². The number of hydrogen-bond donors (Lipinski definition) is 3. The summed E-state index contributed by atoms with van der Waals surface area (Å²) in [4.78, 5) is 16.7. The van der Waals surface area contributed by atoms with Crippen LogP contribution in [0.3, 0.4) is 0 Å². The van der Waals surface area contributed by atoms with E-state index in [1.54, 1.807) is 24.5 Å². The summed E-state index contributed by atoms with van der Waals surface area (Å²) < 4.78 is 13.6. The van der Waals surface area contributed by atoms with Crippen LogP contribution >= 0.6 is 11.6 Å². The van der Waals surface area contributed by atoms with E-state index in [0.717, 1.165) is 42.6 Å². The summed E-state index contributed by atoms with van der Waals surface area (Å²) in [6, 6.07) is 10.8. The Labute approximate surface area is 184 Å². The number of rotatable bonds is 4. The third kappa shape index (κ3) is 4.24. The lowest BCUT2D eigenvalue weighted by Crippen LogP contribution is -2.33. The van der Waals surface area contributed by atoms with Gasteiger partial charge in [0.15, 0.2) is 5.65 Å². The zero-order chi connectivity index (χ0) is 21.4. The van der Waals surface area contributed by atoms with Crippen molar-refractivity contribution < 1.29 is 4.39 Å². The van der Waals surface area contributed by atoms with Crippen molar-refractivity contribution in [2.45, 2.75) is 37.8 Å². The van der Waals surface area contributed by atoms with E-state index in [9.17, 15) is 4.39 Å². The molecule has 3 aromatic heterocycles. The molecule has 3 heterocycles.